The van der Waals surface area contributed by atoms with Crippen LogP contribution >= 0.6 is 0 Å². The van der Waals surface area contributed by atoms with Crippen LogP contribution in [0.3, 0.4) is 0 Å². The maximum Gasteiger partial charge on any atom is 0.175 e. The molecule has 2 heteroatoms. The summed E-state index contributed by atoms with van der Waals surface area (Å²) in [5, 5.41) is 0. The molecule has 1 rings (SSSR count). The van der Waals surface area contributed by atoms with Crippen molar-refractivity contribution in [3.05, 3.63) is 11.8 Å². The molecule has 0 aliphatic carbocycles. The van der Waals surface area contributed by atoms with Gasteiger partial charge in [0, 0.05) is 20.5 Å². The monoisotopic (exact) mass is 139 g/mol. The molecule has 0 saturated heterocycles. The highest BCUT2D eigenvalue weighted by molar-refractivity contribution is 5.93. The fourth-order valence-corrected chi connectivity index (χ4v) is 1.37. The van der Waals surface area contributed by atoms with E-state index >= 15 is 0 Å². The van der Waals surface area contributed by atoms with Crippen LogP contribution in [-0.2, 0) is 4.79 Å². The van der Waals surface area contributed by atoms with Crippen LogP contribution in [0.5, 0.6) is 0 Å². The molecule has 1 unspecified atom stereocenters. The number of carbonyl (C=O) groups excluding carboxylic acids is 1. The lowest BCUT2D eigenvalue weighted by molar-refractivity contribution is -0.114. The van der Waals surface area contributed by atoms with E-state index in [1.807, 2.05) is 18.0 Å². The van der Waals surface area contributed by atoms with Crippen LogP contribution in [-0.4, -0.2) is 24.3 Å². The van der Waals surface area contributed by atoms with Gasteiger partial charge in [-0.3, -0.25) is 4.79 Å². The van der Waals surface area contributed by atoms with Gasteiger partial charge in [0.15, 0.2) is 5.78 Å². The average molecular weight is 139 g/mol. The zero-order valence-corrected chi connectivity index (χ0v) is 6.72. The van der Waals surface area contributed by atoms with Gasteiger partial charge in [0.2, 0.25) is 0 Å². The van der Waals surface area contributed by atoms with Crippen LogP contribution in [0.1, 0.15) is 13.8 Å². The molecular weight excluding hydrogens is 126 g/mol. The molecule has 0 N–H and O–H groups in total. The normalized spacial score (nSPS) is 24.9. The third-order valence-corrected chi connectivity index (χ3v) is 1.78. The van der Waals surface area contributed by atoms with Gasteiger partial charge in [0.1, 0.15) is 0 Å². The quantitative estimate of drug-likeness (QED) is 0.541. The van der Waals surface area contributed by atoms with Crippen molar-refractivity contribution in [1.29, 1.82) is 0 Å². The number of hydrogen-bond donors (Lipinski definition) is 0. The molecule has 0 aromatic rings. The van der Waals surface area contributed by atoms with E-state index in [1.54, 1.807) is 6.92 Å². The Kier molecular flexibility index (Phi) is 1.79. The average Bonchev–Trinajstić information content (AvgIpc) is 2.10. The highest BCUT2D eigenvalue weighted by atomic mass is 16.1. The molecule has 10 heavy (non-hydrogen) atoms. The number of hydrogen-bond acceptors (Lipinski definition) is 2. The van der Waals surface area contributed by atoms with Crippen LogP contribution < -0.4 is 0 Å². The van der Waals surface area contributed by atoms with E-state index in [0.717, 1.165) is 12.2 Å². The summed E-state index contributed by atoms with van der Waals surface area (Å²) in [6.07, 6.45) is 2.03. The maximum absolute atomic E-state index is 10.9. The summed E-state index contributed by atoms with van der Waals surface area (Å²) in [5.41, 5.74) is 0.868. The Labute approximate surface area is 61.5 Å². The second-order valence-corrected chi connectivity index (χ2v) is 2.97. The lowest BCUT2D eigenvalue weighted by atomic mass is 10.2. The standard InChI is InChI=1S/C8H13NO/c1-6-4-8(7(2)10)9(3)5-6/h4,6H,5H2,1-3H3. The summed E-state index contributed by atoms with van der Waals surface area (Å²) in [4.78, 5) is 12.9. The third-order valence-electron chi connectivity index (χ3n) is 1.78. The van der Waals surface area contributed by atoms with E-state index in [2.05, 4.69) is 6.92 Å². The molecule has 1 heterocycles. The molecule has 56 valence electrons. The number of rotatable bonds is 1. The SMILES string of the molecule is CC(=O)C1=CC(C)CN1C. The minimum Gasteiger partial charge on any atom is -0.371 e. The van der Waals surface area contributed by atoms with Crippen molar-refractivity contribution in [2.75, 3.05) is 13.6 Å². The number of carbonyl (C=O) groups is 1. The van der Waals surface area contributed by atoms with Gasteiger partial charge in [-0.25, -0.2) is 0 Å². The third kappa shape index (κ3) is 1.20. The van der Waals surface area contributed by atoms with Crippen LogP contribution in [0.15, 0.2) is 11.8 Å². The van der Waals surface area contributed by atoms with E-state index in [0.29, 0.717) is 5.92 Å². The molecule has 0 radical (unpaired) electrons. The largest absolute Gasteiger partial charge is 0.371 e. The summed E-state index contributed by atoms with van der Waals surface area (Å²) < 4.78 is 0. The molecule has 0 bridgehead atoms. The zero-order valence-electron chi connectivity index (χ0n) is 6.72. The molecule has 0 amide bonds. The Morgan fingerprint density at radius 1 is 1.80 bits per heavy atom. The van der Waals surface area contributed by atoms with Gasteiger partial charge in [-0.05, 0) is 5.92 Å². The number of ketones is 1. The van der Waals surface area contributed by atoms with Crippen molar-refractivity contribution in [2.45, 2.75) is 13.8 Å². The molecule has 1 aliphatic rings. The summed E-state index contributed by atoms with van der Waals surface area (Å²) >= 11 is 0. The number of nitrogens with zero attached hydrogens (tertiary/aromatic N) is 1. The van der Waals surface area contributed by atoms with Crippen LogP contribution in [0.25, 0.3) is 0 Å². The summed E-state index contributed by atoms with van der Waals surface area (Å²) in [6.45, 7) is 4.71. The van der Waals surface area contributed by atoms with Gasteiger partial charge in [0.05, 0.1) is 5.70 Å². The molecule has 0 spiro atoms. The van der Waals surface area contributed by atoms with Crippen molar-refractivity contribution in [2.24, 2.45) is 5.92 Å². The summed E-state index contributed by atoms with van der Waals surface area (Å²) in [6, 6.07) is 0. The minimum absolute atomic E-state index is 0.173. The topological polar surface area (TPSA) is 20.3 Å². The Morgan fingerprint density at radius 3 is 2.60 bits per heavy atom. The molecule has 0 fully saturated rings. The fraction of sp³-hybridized carbons (Fsp3) is 0.625. The van der Waals surface area contributed by atoms with Gasteiger partial charge in [-0.2, -0.15) is 0 Å². The molecular formula is C8H13NO. The predicted octanol–water partition coefficient (Wildman–Crippen LogP) is 1.04. The molecule has 0 aromatic heterocycles. The van der Waals surface area contributed by atoms with Gasteiger partial charge in [-0.1, -0.05) is 13.0 Å². The Morgan fingerprint density at radius 2 is 2.40 bits per heavy atom. The fourth-order valence-electron chi connectivity index (χ4n) is 1.37. The lowest BCUT2D eigenvalue weighted by Crippen LogP contribution is -2.19. The van der Waals surface area contributed by atoms with Gasteiger partial charge >= 0.3 is 0 Å². The number of likely N-dealkylation sites (N-methyl/N-ethyl adjacent to an activating group) is 1. The van der Waals surface area contributed by atoms with Gasteiger partial charge in [-0.15, -0.1) is 0 Å². The summed E-state index contributed by atoms with van der Waals surface area (Å²) in [5.74, 6) is 0.704. The minimum atomic E-state index is 0.173. The van der Waals surface area contributed by atoms with Gasteiger partial charge in [0.25, 0.3) is 0 Å². The van der Waals surface area contributed by atoms with E-state index < -0.39 is 0 Å². The first-order valence-corrected chi connectivity index (χ1v) is 3.55. The zero-order chi connectivity index (χ0) is 7.72. The van der Waals surface area contributed by atoms with E-state index in [-0.39, 0.29) is 5.78 Å². The second-order valence-electron chi connectivity index (χ2n) is 2.97. The first-order chi connectivity index (χ1) is 4.61. The lowest BCUT2D eigenvalue weighted by Gasteiger charge is -2.13. The van der Waals surface area contributed by atoms with Crippen LogP contribution in [0.4, 0.5) is 0 Å². The summed E-state index contributed by atoms with van der Waals surface area (Å²) in [7, 11) is 1.96. The molecule has 0 saturated carbocycles. The maximum atomic E-state index is 10.9. The molecule has 1 atom stereocenters. The highest BCUT2D eigenvalue weighted by Gasteiger charge is 2.19. The van der Waals surface area contributed by atoms with Crippen molar-refractivity contribution in [3.8, 4) is 0 Å². The smallest absolute Gasteiger partial charge is 0.175 e. The van der Waals surface area contributed by atoms with Crippen LogP contribution in [0.2, 0.25) is 0 Å². The van der Waals surface area contributed by atoms with Crippen molar-refractivity contribution < 1.29 is 4.79 Å². The first-order valence-electron chi connectivity index (χ1n) is 3.55. The molecule has 0 aromatic carbocycles. The van der Waals surface area contributed by atoms with E-state index in [4.69, 9.17) is 0 Å². The van der Waals surface area contributed by atoms with Crippen molar-refractivity contribution in [3.63, 3.8) is 0 Å². The van der Waals surface area contributed by atoms with Crippen molar-refractivity contribution in [1.82, 2.24) is 4.90 Å². The number of Topliss-reactive ketones (excluding diaryl/α,β-unsaturated/α-hetero) is 1. The Bertz CT molecular complexity index is 184. The second kappa shape index (κ2) is 2.45. The van der Waals surface area contributed by atoms with E-state index in [1.165, 1.54) is 0 Å². The Hall–Kier alpha value is -0.790. The highest BCUT2D eigenvalue weighted by Crippen LogP contribution is 2.17. The van der Waals surface area contributed by atoms with Crippen LogP contribution in [0, 0.1) is 5.92 Å². The number of allylic oxidation sites excluding steroid dienone is 1. The molecule has 1 aliphatic heterocycles. The Balaban J connectivity index is 2.75. The van der Waals surface area contributed by atoms with Gasteiger partial charge < -0.3 is 4.90 Å². The molecule has 2 nitrogen and oxygen atoms in total. The van der Waals surface area contributed by atoms with Crippen molar-refractivity contribution >= 4 is 5.78 Å². The predicted molar refractivity (Wildman–Crippen MR) is 40.6 cm³/mol. The van der Waals surface area contributed by atoms with E-state index in [9.17, 15) is 4.79 Å². The first kappa shape index (κ1) is 7.32.